The van der Waals surface area contributed by atoms with Gasteiger partial charge in [-0.05, 0) is 48.4 Å². The summed E-state index contributed by atoms with van der Waals surface area (Å²) in [5, 5.41) is 6.14. The predicted octanol–water partition coefficient (Wildman–Crippen LogP) is 3.33. The number of rotatable bonds is 10. The van der Waals surface area contributed by atoms with Crippen LogP contribution in [0.15, 0.2) is 42.5 Å². The van der Waals surface area contributed by atoms with Crippen LogP contribution in [0.1, 0.15) is 12.0 Å². The summed E-state index contributed by atoms with van der Waals surface area (Å²) in [5.74, 6) is 1.32. The second-order valence-electron chi connectivity index (χ2n) is 5.73. The zero-order valence-electron chi connectivity index (χ0n) is 15.5. The molecule has 0 spiro atoms. The topological polar surface area (TPSA) is 68.8 Å². The third-order valence-corrected chi connectivity index (χ3v) is 3.89. The van der Waals surface area contributed by atoms with Gasteiger partial charge in [-0.3, -0.25) is 4.79 Å². The summed E-state index contributed by atoms with van der Waals surface area (Å²) >= 11 is 0. The number of nitrogens with one attached hydrogen (secondary N) is 2. The largest absolute Gasteiger partial charge is 0.493 e. The first-order valence-electron chi connectivity index (χ1n) is 8.50. The number of methoxy groups -OCH3 is 3. The Morgan fingerprint density at radius 3 is 2.27 bits per heavy atom. The molecule has 0 saturated heterocycles. The Labute approximate surface area is 154 Å². The Bertz CT molecular complexity index is 701. The third kappa shape index (κ3) is 5.97. The van der Waals surface area contributed by atoms with Crippen molar-refractivity contribution in [2.75, 3.05) is 45.1 Å². The molecular formula is C20H26N2O4. The predicted molar refractivity (Wildman–Crippen MR) is 103 cm³/mol. The van der Waals surface area contributed by atoms with Gasteiger partial charge in [-0.15, -0.1) is 0 Å². The van der Waals surface area contributed by atoms with E-state index in [-0.39, 0.29) is 5.91 Å². The zero-order chi connectivity index (χ0) is 18.8. The van der Waals surface area contributed by atoms with Crippen LogP contribution >= 0.6 is 0 Å². The van der Waals surface area contributed by atoms with Crippen molar-refractivity contribution in [3.05, 3.63) is 48.0 Å². The monoisotopic (exact) mass is 358 g/mol. The van der Waals surface area contributed by atoms with Crippen molar-refractivity contribution in [1.82, 2.24) is 0 Å². The van der Waals surface area contributed by atoms with Crippen molar-refractivity contribution in [3.8, 4) is 11.5 Å². The first-order valence-corrected chi connectivity index (χ1v) is 8.50. The average Bonchev–Trinajstić information content (AvgIpc) is 2.67. The van der Waals surface area contributed by atoms with Gasteiger partial charge in [-0.1, -0.05) is 6.07 Å². The number of anilines is 2. The molecule has 2 aromatic carbocycles. The SMILES string of the molecule is COCCNc1ccc(NC(=O)CCc2ccc(OC)c(OC)c2)cc1. The molecular weight excluding hydrogens is 332 g/mol. The fraction of sp³-hybridized carbons (Fsp3) is 0.350. The second kappa shape index (κ2) is 10.3. The molecule has 6 nitrogen and oxygen atoms in total. The molecule has 0 aliphatic carbocycles. The minimum Gasteiger partial charge on any atom is -0.493 e. The van der Waals surface area contributed by atoms with Gasteiger partial charge in [0.15, 0.2) is 11.5 Å². The maximum Gasteiger partial charge on any atom is 0.224 e. The van der Waals surface area contributed by atoms with Crippen molar-refractivity contribution < 1.29 is 19.0 Å². The highest BCUT2D eigenvalue weighted by Crippen LogP contribution is 2.28. The molecule has 0 unspecified atom stereocenters. The van der Waals surface area contributed by atoms with Crippen molar-refractivity contribution >= 4 is 17.3 Å². The lowest BCUT2D eigenvalue weighted by molar-refractivity contribution is -0.116. The molecule has 2 N–H and O–H groups in total. The molecule has 0 fully saturated rings. The maximum atomic E-state index is 12.2. The highest BCUT2D eigenvalue weighted by Gasteiger charge is 2.07. The lowest BCUT2D eigenvalue weighted by atomic mass is 10.1. The third-order valence-electron chi connectivity index (χ3n) is 3.89. The molecule has 1 amide bonds. The van der Waals surface area contributed by atoms with E-state index < -0.39 is 0 Å². The summed E-state index contributed by atoms with van der Waals surface area (Å²) in [4.78, 5) is 12.2. The minimum atomic E-state index is -0.0279. The molecule has 140 valence electrons. The maximum absolute atomic E-state index is 12.2. The molecule has 2 rings (SSSR count). The number of benzene rings is 2. The highest BCUT2D eigenvalue weighted by atomic mass is 16.5. The normalized spacial score (nSPS) is 10.3. The standard InChI is InChI=1S/C20H26N2O4/c1-24-13-12-21-16-6-8-17(9-7-16)22-20(23)11-5-15-4-10-18(25-2)19(14-15)26-3/h4,6-10,14,21H,5,11-13H2,1-3H3,(H,22,23). The Morgan fingerprint density at radius 1 is 0.923 bits per heavy atom. The highest BCUT2D eigenvalue weighted by molar-refractivity contribution is 5.91. The molecule has 0 aromatic heterocycles. The van der Waals surface area contributed by atoms with Gasteiger partial charge in [0.25, 0.3) is 0 Å². The Balaban J connectivity index is 1.83. The molecule has 0 radical (unpaired) electrons. The van der Waals surface area contributed by atoms with E-state index in [1.807, 2.05) is 42.5 Å². The van der Waals surface area contributed by atoms with E-state index in [9.17, 15) is 4.79 Å². The molecule has 0 saturated carbocycles. The van der Waals surface area contributed by atoms with Crippen LogP contribution in [0.4, 0.5) is 11.4 Å². The van der Waals surface area contributed by atoms with Gasteiger partial charge in [0.2, 0.25) is 5.91 Å². The molecule has 0 bridgehead atoms. The van der Waals surface area contributed by atoms with Crippen LogP contribution in [0.25, 0.3) is 0 Å². The second-order valence-corrected chi connectivity index (χ2v) is 5.73. The van der Waals surface area contributed by atoms with Crippen molar-refractivity contribution in [2.45, 2.75) is 12.8 Å². The van der Waals surface area contributed by atoms with E-state index in [0.717, 1.165) is 23.5 Å². The molecule has 0 aliphatic heterocycles. The first-order chi connectivity index (χ1) is 12.7. The fourth-order valence-corrected chi connectivity index (χ4v) is 2.49. The van der Waals surface area contributed by atoms with E-state index in [1.54, 1.807) is 21.3 Å². The smallest absolute Gasteiger partial charge is 0.224 e. The minimum absolute atomic E-state index is 0.0279. The van der Waals surface area contributed by atoms with Crippen LogP contribution in [0.5, 0.6) is 11.5 Å². The van der Waals surface area contributed by atoms with Gasteiger partial charge >= 0.3 is 0 Å². The molecule has 26 heavy (non-hydrogen) atoms. The van der Waals surface area contributed by atoms with Crippen LogP contribution in [0.3, 0.4) is 0 Å². The molecule has 6 heteroatoms. The van der Waals surface area contributed by atoms with E-state index in [1.165, 1.54) is 0 Å². The summed E-state index contributed by atoms with van der Waals surface area (Å²) < 4.78 is 15.5. The summed E-state index contributed by atoms with van der Waals surface area (Å²) in [5.41, 5.74) is 2.79. The Kier molecular flexibility index (Phi) is 7.76. The van der Waals surface area contributed by atoms with Crippen molar-refractivity contribution in [3.63, 3.8) is 0 Å². The van der Waals surface area contributed by atoms with Gasteiger partial charge in [0, 0.05) is 31.5 Å². The summed E-state index contributed by atoms with van der Waals surface area (Å²) in [7, 11) is 4.87. The Morgan fingerprint density at radius 2 is 1.62 bits per heavy atom. The lowest BCUT2D eigenvalue weighted by Crippen LogP contribution is -2.12. The number of hydrogen-bond donors (Lipinski definition) is 2. The summed E-state index contributed by atoms with van der Waals surface area (Å²) in [6, 6.07) is 13.3. The molecule has 2 aromatic rings. The molecule has 0 heterocycles. The number of aryl methyl sites for hydroxylation is 1. The molecule has 0 atom stereocenters. The van der Waals surface area contributed by atoms with E-state index >= 15 is 0 Å². The number of carbonyl (C=O) groups excluding carboxylic acids is 1. The van der Waals surface area contributed by atoms with E-state index in [0.29, 0.717) is 30.9 Å². The van der Waals surface area contributed by atoms with Gasteiger partial charge in [0.05, 0.1) is 20.8 Å². The molecule has 0 aliphatic rings. The van der Waals surface area contributed by atoms with Gasteiger partial charge in [-0.25, -0.2) is 0 Å². The van der Waals surface area contributed by atoms with Crippen LogP contribution in [-0.4, -0.2) is 40.4 Å². The van der Waals surface area contributed by atoms with Crippen LogP contribution in [-0.2, 0) is 16.0 Å². The van der Waals surface area contributed by atoms with Gasteiger partial charge < -0.3 is 24.8 Å². The number of ether oxygens (including phenoxy) is 3. The van der Waals surface area contributed by atoms with Crippen molar-refractivity contribution in [1.29, 1.82) is 0 Å². The van der Waals surface area contributed by atoms with Crippen LogP contribution in [0.2, 0.25) is 0 Å². The van der Waals surface area contributed by atoms with Gasteiger partial charge in [0.1, 0.15) is 0 Å². The van der Waals surface area contributed by atoms with Crippen molar-refractivity contribution in [2.24, 2.45) is 0 Å². The lowest BCUT2D eigenvalue weighted by Gasteiger charge is -2.10. The number of amides is 1. The van der Waals surface area contributed by atoms with Gasteiger partial charge in [-0.2, -0.15) is 0 Å². The van der Waals surface area contributed by atoms with Crippen LogP contribution < -0.4 is 20.1 Å². The Hall–Kier alpha value is -2.73. The summed E-state index contributed by atoms with van der Waals surface area (Å²) in [6.45, 7) is 1.39. The fourth-order valence-electron chi connectivity index (χ4n) is 2.49. The zero-order valence-corrected chi connectivity index (χ0v) is 15.5. The van der Waals surface area contributed by atoms with E-state index in [2.05, 4.69) is 10.6 Å². The average molecular weight is 358 g/mol. The quantitative estimate of drug-likeness (QED) is 0.638. The summed E-state index contributed by atoms with van der Waals surface area (Å²) in [6.07, 6.45) is 1.02. The first kappa shape index (κ1) is 19.6. The number of carbonyl (C=O) groups is 1. The van der Waals surface area contributed by atoms with E-state index in [4.69, 9.17) is 14.2 Å². The number of hydrogen-bond acceptors (Lipinski definition) is 5. The van der Waals surface area contributed by atoms with Crippen LogP contribution in [0, 0.1) is 0 Å².